The molecule has 2 aromatic carbocycles. The first-order valence-corrected chi connectivity index (χ1v) is 9.01. The number of hydrogen-bond donors (Lipinski definition) is 0. The van der Waals surface area contributed by atoms with E-state index in [4.69, 9.17) is 4.74 Å². The van der Waals surface area contributed by atoms with Gasteiger partial charge in [0.15, 0.2) is 4.93 Å². The van der Waals surface area contributed by atoms with Crippen LogP contribution in [0, 0.1) is 0 Å². The molecule has 0 N–H and O–H groups in total. The maximum Gasteiger partial charge on any atom is 0.162 e. The van der Waals surface area contributed by atoms with E-state index in [-0.39, 0.29) is 16.3 Å². The Morgan fingerprint density at radius 2 is 1.73 bits per heavy atom. The maximum atomic E-state index is 6.34. The van der Waals surface area contributed by atoms with Crippen molar-refractivity contribution in [3.63, 3.8) is 0 Å². The van der Waals surface area contributed by atoms with Gasteiger partial charge in [-0.25, -0.2) is 0 Å². The van der Waals surface area contributed by atoms with Crippen LogP contribution in [-0.4, -0.2) is 11.2 Å². The van der Waals surface area contributed by atoms with Crippen molar-refractivity contribution in [2.45, 2.75) is 44.0 Å². The second-order valence-corrected chi connectivity index (χ2v) is 8.39. The van der Waals surface area contributed by atoms with Crippen LogP contribution < -0.4 is 4.74 Å². The van der Waals surface area contributed by atoms with Gasteiger partial charge >= 0.3 is 0 Å². The van der Waals surface area contributed by atoms with Gasteiger partial charge in [-0.2, -0.15) is 0 Å². The van der Waals surface area contributed by atoms with Gasteiger partial charge in [-0.1, -0.05) is 63.2 Å². The third-order valence-corrected chi connectivity index (χ3v) is 5.69. The molecule has 0 spiro atoms. The molecule has 2 atom stereocenters. The van der Waals surface area contributed by atoms with E-state index in [0.717, 1.165) is 5.75 Å². The van der Waals surface area contributed by atoms with E-state index >= 15 is 0 Å². The summed E-state index contributed by atoms with van der Waals surface area (Å²) in [5, 5.41) is 0. The molecule has 116 valence electrons. The molecule has 22 heavy (non-hydrogen) atoms. The average molecular weight is 312 g/mol. The first-order valence-electron chi connectivity index (χ1n) is 7.79. The molecule has 3 rings (SSSR count). The van der Waals surface area contributed by atoms with Crippen LogP contribution in [0.3, 0.4) is 0 Å². The Hall–Kier alpha value is -1.41. The monoisotopic (exact) mass is 312 g/mol. The molecule has 0 amide bonds. The van der Waals surface area contributed by atoms with Crippen LogP contribution in [0.25, 0.3) is 0 Å². The molecule has 0 fully saturated rings. The number of thioether (sulfide) groups is 1. The minimum atomic E-state index is -0.250. The van der Waals surface area contributed by atoms with Crippen molar-refractivity contribution in [1.29, 1.82) is 0 Å². The van der Waals surface area contributed by atoms with Gasteiger partial charge in [-0.3, -0.25) is 0 Å². The normalized spacial score (nSPS) is 24.0. The summed E-state index contributed by atoms with van der Waals surface area (Å²) in [6, 6.07) is 17.4. The summed E-state index contributed by atoms with van der Waals surface area (Å²) < 4.78 is 6.34. The summed E-state index contributed by atoms with van der Waals surface area (Å²) in [4.78, 5) is -0.250. The lowest BCUT2D eigenvalue weighted by Crippen LogP contribution is -2.30. The van der Waals surface area contributed by atoms with Crippen molar-refractivity contribution in [3.8, 4) is 5.75 Å². The molecule has 0 unspecified atom stereocenters. The zero-order valence-electron chi connectivity index (χ0n) is 14.0. The first-order chi connectivity index (χ1) is 10.3. The quantitative estimate of drug-likeness (QED) is 0.715. The highest BCUT2D eigenvalue weighted by atomic mass is 32.2. The lowest BCUT2D eigenvalue weighted by atomic mass is 9.82. The fourth-order valence-corrected chi connectivity index (χ4v) is 3.85. The van der Waals surface area contributed by atoms with E-state index in [1.807, 2.05) is 0 Å². The smallest absolute Gasteiger partial charge is 0.162 e. The highest BCUT2D eigenvalue weighted by Gasteiger charge is 2.45. The van der Waals surface area contributed by atoms with Crippen molar-refractivity contribution in [3.05, 3.63) is 65.2 Å². The third kappa shape index (κ3) is 2.54. The molecule has 0 saturated carbocycles. The Balaban J connectivity index is 2.16. The SMILES string of the molecule is CS[C@]1(C)Oc2ccc(C(C)(C)C)cc2[C@@H]1c1ccccc1. The van der Waals surface area contributed by atoms with Gasteiger partial charge in [0, 0.05) is 5.56 Å². The number of hydrogen-bond acceptors (Lipinski definition) is 2. The van der Waals surface area contributed by atoms with Gasteiger partial charge in [-0.05, 0) is 35.8 Å². The molecule has 0 aromatic heterocycles. The number of benzene rings is 2. The molecule has 0 bridgehead atoms. The topological polar surface area (TPSA) is 9.23 Å². The van der Waals surface area contributed by atoms with E-state index in [9.17, 15) is 0 Å². The van der Waals surface area contributed by atoms with Crippen LogP contribution in [0.2, 0.25) is 0 Å². The minimum Gasteiger partial charge on any atom is -0.476 e. The number of fused-ring (bicyclic) bond motifs is 1. The highest BCUT2D eigenvalue weighted by molar-refractivity contribution is 7.99. The van der Waals surface area contributed by atoms with Crippen molar-refractivity contribution in [2.24, 2.45) is 0 Å². The van der Waals surface area contributed by atoms with E-state index in [2.05, 4.69) is 82.5 Å². The zero-order chi connectivity index (χ0) is 16.0. The fraction of sp³-hybridized carbons (Fsp3) is 0.400. The van der Waals surface area contributed by atoms with Gasteiger partial charge in [0.1, 0.15) is 5.75 Å². The van der Waals surface area contributed by atoms with Crippen molar-refractivity contribution in [2.75, 3.05) is 6.26 Å². The van der Waals surface area contributed by atoms with Crippen molar-refractivity contribution >= 4 is 11.8 Å². The van der Waals surface area contributed by atoms with Crippen LogP contribution >= 0.6 is 11.8 Å². The van der Waals surface area contributed by atoms with Crippen LogP contribution in [0.15, 0.2) is 48.5 Å². The van der Waals surface area contributed by atoms with Crippen molar-refractivity contribution < 1.29 is 4.74 Å². The van der Waals surface area contributed by atoms with Crippen LogP contribution in [0.5, 0.6) is 5.75 Å². The summed E-state index contributed by atoms with van der Waals surface area (Å²) >= 11 is 1.79. The van der Waals surface area contributed by atoms with Crippen LogP contribution in [-0.2, 0) is 5.41 Å². The molecule has 1 heterocycles. The predicted octanol–water partition coefficient (Wildman–Crippen LogP) is 5.59. The maximum absolute atomic E-state index is 6.34. The number of ether oxygens (including phenoxy) is 1. The predicted molar refractivity (Wildman–Crippen MR) is 96.0 cm³/mol. The van der Waals surface area contributed by atoms with Crippen LogP contribution in [0.4, 0.5) is 0 Å². The zero-order valence-corrected chi connectivity index (χ0v) is 14.8. The van der Waals surface area contributed by atoms with E-state index in [1.54, 1.807) is 11.8 Å². The van der Waals surface area contributed by atoms with Gasteiger partial charge in [-0.15, -0.1) is 11.8 Å². The highest BCUT2D eigenvalue weighted by Crippen LogP contribution is 2.53. The Morgan fingerprint density at radius 3 is 2.32 bits per heavy atom. The molecular formula is C20H24OS. The third-order valence-electron chi connectivity index (χ3n) is 4.56. The van der Waals surface area contributed by atoms with E-state index < -0.39 is 0 Å². The van der Waals surface area contributed by atoms with Gasteiger partial charge in [0.25, 0.3) is 0 Å². The standard InChI is InChI=1S/C20H24OS/c1-19(2,3)15-11-12-17-16(13-15)18(20(4,21-17)22-5)14-9-7-6-8-10-14/h6-13,18H,1-5H3/t18-,20-/m0/s1. The Kier molecular flexibility index (Phi) is 3.76. The van der Waals surface area contributed by atoms with Crippen molar-refractivity contribution in [1.82, 2.24) is 0 Å². The van der Waals surface area contributed by atoms with Gasteiger partial charge in [0.05, 0.1) is 5.92 Å². The van der Waals surface area contributed by atoms with E-state index in [0.29, 0.717) is 0 Å². The summed E-state index contributed by atoms with van der Waals surface area (Å²) in [6.07, 6.45) is 2.13. The molecule has 0 aliphatic carbocycles. The summed E-state index contributed by atoms with van der Waals surface area (Å²) in [5.41, 5.74) is 4.15. The molecular weight excluding hydrogens is 288 g/mol. The lowest BCUT2D eigenvalue weighted by molar-refractivity contribution is 0.202. The Bertz CT molecular complexity index is 672. The van der Waals surface area contributed by atoms with E-state index in [1.165, 1.54) is 16.7 Å². The summed E-state index contributed by atoms with van der Waals surface area (Å²) in [5.74, 6) is 1.29. The second-order valence-electron chi connectivity index (χ2n) is 7.17. The Morgan fingerprint density at radius 1 is 1.05 bits per heavy atom. The molecule has 0 radical (unpaired) electrons. The average Bonchev–Trinajstić information content (AvgIpc) is 2.79. The number of rotatable bonds is 2. The molecule has 2 aromatic rings. The molecule has 0 saturated heterocycles. The molecule has 1 aliphatic rings. The molecule has 1 nitrogen and oxygen atoms in total. The molecule has 1 aliphatic heterocycles. The van der Waals surface area contributed by atoms with Gasteiger partial charge in [0.2, 0.25) is 0 Å². The first kappa shape index (κ1) is 15.5. The summed E-state index contributed by atoms with van der Waals surface area (Å²) in [7, 11) is 0. The molecule has 2 heteroatoms. The van der Waals surface area contributed by atoms with Crippen LogP contribution in [0.1, 0.15) is 50.3 Å². The summed E-state index contributed by atoms with van der Waals surface area (Å²) in [6.45, 7) is 8.98. The largest absolute Gasteiger partial charge is 0.476 e. The second kappa shape index (κ2) is 5.34. The Labute approximate surface area is 138 Å². The fourth-order valence-electron chi connectivity index (χ4n) is 3.18. The van der Waals surface area contributed by atoms with Gasteiger partial charge < -0.3 is 4.74 Å². The minimum absolute atomic E-state index is 0.147. The lowest BCUT2D eigenvalue weighted by Gasteiger charge is -2.29.